The van der Waals surface area contributed by atoms with Gasteiger partial charge in [-0.3, -0.25) is 14.5 Å². The highest BCUT2D eigenvalue weighted by molar-refractivity contribution is 5.97. The van der Waals surface area contributed by atoms with Crippen LogP contribution in [0.2, 0.25) is 0 Å². The molecule has 2 rings (SSSR count). The zero-order valence-electron chi connectivity index (χ0n) is 11.3. The topological polar surface area (TPSA) is 57.6 Å². The Hall–Kier alpha value is -2.12. The number of imide groups is 1. The Morgan fingerprint density at radius 1 is 1.15 bits per heavy atom. The molecule has 1 heterocycles. The molecule has 20 heavy (non-hydrogen) atoms. The third kappa shape index (κ3) is 3.46. The van der Waals surface area contributed by atoms with Crippen LogP contribution in [-0.2, 0) is 16.1 Å². The summed E-state index contributed by atoms with van der Waals surface area (Å²) in [6.07, 6.45) is 1.93. The lowest BCUT2D eigenvalue weighted by atomic mass is 10.0. The lowest BCUT2D eigenvalue weighted by molar-refractivity contribution is -0.148. The molecule has 1 aromatic rings. The molecule has 104 valence electrons. The van der Waals surface area contributed by atoms with E-state index in [-0.39, 0.29) is 25.0 Å². The number of amides is 2. The monoisotopic (exact) mass is 271 g/mol. The maximum absolute atomic E-state index is 11.8. The molecule has 0 atom stereocenters. The first-order chi connectivity index (χ1) is 9.72. The summed E-state index contributed by atoms with van der Waals surface area (Å²) in [6, 6.07) is 7.47. The summed E-state index contributed by atoms with van der Waals surface area (Å²) >= 11 is 0. The molecule has 4 nitrogen and oxygen atoms in total. The van der Waals surface area contributed by atoms with Crippen LogP contribution < -0.4 is 0 Å². The third-order valence-corrected chi connectivity index (χ3v) is 3.19. The number of benzene rings is 1. The van der Waals surface area contributed by atoms with Gasteiger partial charge in [0, 0.05) is 24.8 Å². The number of likely N-dealkylation sites (tertiary alicyclic amines) is 1. The van der Waals surface area contributed by atoms with Gasteiger partial charge in [-0.05, 0) is 18.1 Å². The number of rotatable bonds is 3. The van der Waals surface area contributed by atoms with E-state index >= 15 is 0 Å². The summed E-state index contributed by atoms with van der Waals surface area (Å²) in [5.41, 5.74) is 1.66. The number of aliphatic hydroxyl groups is 1. The van der Waals surface area contributed by atoms with Crippen LogP contribution in [0.4, 0.5) is 0 Å². The Morgan fingerprint density at radius 3 is 2.55 bits per heavy atom. The van der Waals surface area contributed by atoms with Gasteiger partial charge in [0.05, 0.1) is 13.2 Å². The molecule has 1 saturated heterocycles. The number of nitrogens with zero attached hydrogens (tertiary/aromatic N) is 1. The fraction of sp³-hybridized carbons (Fsp3) is 0.375. The summed E-state index contributed by atoms with van der Waals surface area (Å²) in [5, 5.41) is 8.74. The van der Waals surface area contributed by atoms with Gasteiger partial charge in [0.1, 0.15) is 0 Å². The number of aliphatic hydroxyl groups excluding tert-OH is 1. The molecule has 0 unspecified atom stereocenters. The minimum absolute atomic E-state index is 0.0261. The van der Waals surface area contributed by atoms with Crippen molar-refractivity contribution in [3.63, 3.8) is 0 Å². The van der Waals surface area contributed by atoms with Crippen LogP contribution in [0.1, 0.15) is 36.8 Å². The van der Waals surface area contributed by atoms with Crippen molar-refractivity contribution in [2.75, 3.05) is 6.61 Å². The second-order valence-electron chi connectivity index (χ2n) is 4.66. The molecule has 1 N–H and O–H groups in total. The second kappa shape index (κ2) is 6.88. The van der Waals surface area contributed by atoms with Crippen molar-refractivity contribution in [2.24, 2.45) is 0 Å². The Kier molecular flexibility index (Phi) is 4.91. The van der Waals surface area contributed by atoms with Crippen LogP contribution in [-0.4, -0.2) is 28.4 Å². The molecule has 0 bridgehead atoms. The first-order valence-electron chi connectivity index (χ1n) is 6.73. The van der Waals surface area contributed by atoms with Crippen molar-refractivity contribution in [1.82, 2.24) is 4.90 Å². The molecule has 1 aliphatic heterocycles. The van der Waals surface area contributed by atoms with E-state index in [2.05, 4.69) is 11.8 Å². The molecule has 0 aromatic heterocycles. The number of carbonyl (C=O) groups is 2. The summed E-state index contributed by atoms with van der Waals surface area (Å²) in [4.78, 5) is 24.9. The van der Waals surface area contributed by atoms with Gasteiger partial charge < -0.3 is 5.11 Å². The molecular weight excluding hydrogens is 254 g/mol. The Bertz CT molecular complexity index is 553. The maximum Gasteiger partial charge on any atom is 0.229 e. The molecule has 2 amide bonds. The molecule has 0 saturated carbocycles. The normalized spacial score (nSPS) is 14.9. The standard InChI is InChI=1S/C16H17NO3/c18-11-4-3-7-13-6-1-2-8-14(13)12-17-15(19)9-5-10-16(17)20/h1-2,6,8,18H,4-5,9-12H2. The van der Waals surface area contributed by atoms with Crippen LogP contribution in [0.25, 0.3) is 0 Å². The Labute approximate surface area is 118 Å². The smallest absolute Gasteiger partial charge is 0.229 e. The predicted octanol–water partition coefficient (Wildman–Crippen LogP) is 1.46. The third-order valence-electron chi connectivity index (χ3n) is 3.19. The van der Waals surface area contributed by atoms with Crippen molar-refractivity contribution in [1.29, 1.82) is 0 Å². The highest BCUT2D eigenvalue weighted by Gasteiger charge is 2.26. The van der Waals surface area contributed by atoms with E-state index < -0.39 is 0 Å². The van der Waals surface area contributed by atoms with E-state index in [0.29, 0.717) is 25.7 Å². The van der Waals surface area contributed by atoms with Crippen LogP contribution in [0.3, 0.4) is 0 Å². The van der Waals surface area contributed by atoms with Gasteiger partial charge >= 0.3 is 0 Å². The first kappa shape index (κ1) is 14.3. The van der Waals surface area contributed by atoms with Gasteiger partial charge in [-0.2, -0.15) is 0 Å². The van der Waals surface area contributed by atoms with Gasteiger partial charge in [-0.25, -0.2) is 0 Å². The molecular formula is C16H17NO3. The molecule has 4 heteroatoms. The van der Waals surface area contributed by atoms with Gasteiger partial charge in [-0.15, -0.1) is 0 Å². The van der Waals surface area contributed by atoms with Crippen molar-refractivity contribution in [3.8, 4) is 11.8 Å². The minimum atomic E-state index is -0.112. The van der Waals surface area contributed by atoms with E-state index in [1.54, 1.807) is 0 Å². The van der Waals surface area contributed by atoms with Gasteiger partial charge in [0.25, 0.3) is 0 Å². The van der Waals surface area contributed by atoms with Crippen molar-refractivity contribution < 1.29 is 14.7 Å². The fourth-order valence-electron chi connectivity index (χ4n) is 2.14. The predicted molar refractivity (Wildman–Crippen MR) is 74.4 cm³/mol. The van der Waals surface area contributed by atoms with Crippen LogP contribution in [0, 0.1) is 11.8 Å². The van der Waals surface area contributed by atoms with Gasteiger partial charge in [0.15, 0.2) is 0 Å². The number of carbonyl (C=O) groups excluding carboxylic acids is 2. The van der Waals surface area contributed by atoms with Crippen molar-refractivity contribution in [2.45, 2.75) is 32.2 Å². The highest BCUT2D eigenvalue weighted by Crippen LogP contribution is 2.17. The van der Waals surface area contributed by atoms with Crippen LogP contribution in [0.5, 0.6) is 0 Å². The summed E-state index contributed by atoms with van der Waals surface area (Å²) in [7, 11) is 0. The molecule has 1 aromatic carbocycles. The van der Waals surface area contributed by atoms with Crippen molar-refractivity contribution >= 4 is 11.8 Å². The number of hydrogen-bond donors (Lipinski definition) is 1. The zero-order chi connectivity index (χ0) is 14.4. The maximum atomic E-state index is 11.8. The largest absolute Gasteiger partial charge is 0.395 e. The first-order valence-corrected chi connectivity index (χ1v) is 6.73. The number of piperidine rings is 1. The summed E-state index contributed by atoms with van der Waals surface area (Å²) in [6.45, 7) is 0.305. The molecule has 1 aliphatic rings. The summed E-state index contributed by atoms with van der Waals surface area (Å²) < 4.78 is 0. The lowest BCUT2D eigenvalue weighted by Gasteiger charge is -2.25. The lowest BCUT2D eigenvalue weighted by Crippen LogP contribution is -2.39. The average Bonchev–Trinajstić information content (AvgIpc) is 2.45. The van der Waals surface area contributed by atoms with E-state index in [1.807, 2.05) is 24.3 Å². The number of hydrogen-bond acceptors (Lipinski definition) is 3. The average molecular weight is 271 g/mol. The summed E-state index contributed by atoms with van der Waals surface area (Å²) in [5.74, 6) is 5.61. The minimum Gasteiger partial charge on any atom is -0.395 e. The van der Waals surface area contributed by atoms with E-state index in [9.17, 15) is 9.59 Å². The van der Waals surface area contributed by atoms with Gasteiger partial charge in [0.2, 0.25) is 11.8 Å². The van der Waals surface area contributed by atoms with E-state index in [0.717, 1.165) is 11.1 Å². The molecule has 0 aliphatic carbocycles. The second-order valence-corrected chi connectivity index (χ2v) is 4.66. The SMILES string of the molecule is O=C1CCCC(=O)N1Cc1ccccc1C#CCCO. The fourth-order valence-corrected chi connectivity index (χ4v) is 2.14. The van der Waals surface area contributed by atoms with Gasteiger partial charge in [-0.1, -0.05) is 30.0 Å². The van der Waals surface area contributed by atoms with E-state index in [4.69, 9.17) is 5.11 Å². The zero-order valence-corrected chi connectivity index (χ0v) is 11.3. The molecule has 0 radical (unpaired) electrons. The highest BCUT2D eigenvalue weighted by atomic mass is 16.2. The Morgan fingerprint density at radius 2 is 1.85 bits per heavy atom. The molecule has 1 fully saturated rings. The quantitative estimate of drug-likeness (QED) is 0.669. The van der Waals surface area contributed by atoms with E-state index in [1.165, 1.54) is 4.90 Å². The van der Waals surface area contributed by atoms with Crippen LogP contribution in [0.15, 0.2) is 24.3 Å². The Balaban J connectivity index is 2.19. The van der Waals surface area contributed by atoms with Crippen molar-refractivity contribution in [3.05, 3.63) is 35.4 Å². The van der Waals surface area contributed by atoms with Crippen LogP contribution >= 0.6 is 0 Å². The molecule has 0 spiro atoms.